The molecule has 2 rings (SSSR count). The summed E-state index contributed by atoms with van der Waals surface area (Å²) in [5.41, 5.74) is 1.47. The van der Waals surface area contributed by atoms with Gasteiger partial charge in [0.2, 0.25) is 0 Å². The van der Waals surface area contributed by atoms with Crippen molar-refractivity contribution in [3.63, 3.8) is 0 Å². The van der Waals surface area contributed by atoms with E-state index in [2.05, 4.69) is 4.99 Å². The van der Waals surface area contributed by atoms with Crippen molar-refractivity contribution in [2.75, 3.05) is 0 Å². The van der Waals surface area contributed by atoms with Crippen LogP contribution in [0.15, 0.2) is 53.5 Å². The minimum Gasteiger partial charge on any atom is -0.427 e. The molecule has 2 aromatic rings. The lowest BCUT2D eigenvalue weighted by atomic mass is 10.2. The summed E-state index contributed by atoms with van der Waals surface area (Å²) >= 11 is 0. The van der Waals surface area contributed by atoms with E-state index >= 15 is 0 Å². The summed E-state index contributed by atoms with van der Waals surface area (Å²) < 4.78 is 5.07. The van der Waals surface area contributed by atoms with Gasteiger partial charge in [0.05, 0.1) is 10.6 Å². The maximum atomic E-state index is 11.2. The third kappa shape index (κ3) is 4.24. The molecule has 0 bridgehead atoms. The lowest BCUT2D eigenvalue weighted by Crippen LogP contribution is -2.05. The highest BCUT2D eigenvalue weighted by Gasteiger charge is 2.03. The average molecular weight is 298 g/mol. The van der Waals surface area contributed by atoms with Crippen molar-refractivity contribution in [1.82, 2.24) is 0 Å². The van der Waals surface area contributed by atoms with Gasteiger partial charge in [-0.25, -0.2) is 0 Å². The zero-order valence-electron chi connectivity index (χ0n) is 11.9. The fourth-order valence-electron chi connectivity index (χ4n) is 1.64. The number of aliphatic imine (C=N–C) groups is 1. The minimum atomic E-state index is -0.455. The number of rotatable bonds is 5. The molecule has 0 saturated carbocycles. The molecule has 0 spiro atoms. The molecule has 6 heteroatoms. The number of nitro groups is 1. The zero-order valence-corrected chi connectivity index (χ0v) is 11.9. The van der Waals surface area contributed by atoms with Crippen molar-refractivity contribution in [2.45, 2.75) is 13.3 Å². The highest BCUT2D eigenvalue weighted by Crippen LogP contribution is 2.18. The number of hydrogen-bond donors (Lipinski definition) is 0. The van der Waals surface area contributed by atoms with Gasteiger partial charge in [-0.15, -0.1) is 0 Å². The molecule has 0 radical (unpaired) electrons. The minimum absolute atomic E-state index is 0.0287. The maximum Gasteiger partial charge on any atom is 0.310 e. The topological polar surface area (TPSA) is 81.8 Å². The number of carbonyl (C=O) groups is 1. The van der Waals surface area contributed by atoms with Crippen molar-refractivity contribution in [2.24, 2.45) is 4.99 Å². The van der Waals surface area contributed by atoms with Gasteiger partial charge in [-0.1, -0.05) is 6.92 Å². The predicted octanol–water partition coefficient (Wildman–Crippen LogP) is 3.66. The van der Waals surface area contributed by atoms with E-state index < -0.39 is 4.92 Å². The van der Waals surface area contributed by atoms with Crippen LogP contribution in [0.5, 0.6) is 5.75 Å². The fraction of sp³-hybridized carbons (Fsp3) is 0.125. The first-order chi connectivity index (χ1) is 10.6. The van der Waals surface area contributed by atoms with Crippen LogP contribution in [0.25, 0.3) is 0 Å². The SMILES string of the molecule is CCC(=O)Oc1ccc(C=Nc2ccc([N+](=O)[O-])cc2)cc1. The number of carbonyl (C=O) groups excluding carboxylic acids is 1. The zero-order chi connectivity index (χ0) is 15.9. The summed E-state index contributed by atoms with van der Waals surface area (Å²) in [7, 11) is 0. The summed E-state index contributed by atoms with van der Waals surface area (Å²) in [6.45, 7) is 1.73. The molecule has 0 heterocycles. The quantitative estimate of drug-likeness (QED) is 0.277. The third-order valence-electron chi connectivity index (χ3n) is 2.82. The Labute approximate surface area is 127 Å². The van der Waals surface area contributed by atoms with E-state index in [1.165, 1.54) is 12.1 Å². The Bertz CT molecular complexity index is 691. The molecule has 0 N–H and O–H groups in total. The second-order valence-corrected chi connectivity index (χ2v) is 4.43. The summed E-state index contributed by atoms with van der Waals surface area (Å²) in [5.74, 6) is 0.201. The first kappa shape index (κ1) is 15.4. The number of benzene rings is 2. The van der Waals surface area contributed by atoms with Crippen LogP contribution < -0.4 is 4.74 Å². The van der Waals surface area contributed by atoms with E-state index in [0.29, 0.717) is 17.9 Å². The maximum absolute atomic E-state index is 11.2. The van der Waals surface area contributed by atoms with E-state index in [4.69, 9.17) is 4.74 Å². The van der Waals surface area contributed by atoms with Crippen molar-refractivity contribution in [1.29, 1.82) is 0 Å². The van der Waals surface area contributed by atoms with Crippen LogP contribution >= 0.6 is 0 Å². The second kappa shape index (κ2) is 7.12. The average Bonchev–Trinajstić information content (AvgIpc) is 2.54. The number of nitrogens with zero attached hydrogens (tertiary/aromatic N) is 2. The van der Waals surface area contributed by atoms with Gasteiger partial charge in [0, 0.05) is 24.8 Å². The van der Waals surface area contributed by atoms with Crippen molar-refractivity contribution in [3.8, 4) is 5.75 Å². The van der Waals surface area contributed by atoms with Crippen LogP contribution in [-0.4, -0.2) is 17.1 Å². The smallest absolute Gasteiger partial charge is 0.310 e. The summed E-state index contributed by atoms with van der Waals surface area (Å²) in [6, 6.07) is 12.9. The van der Waals surface area contributed by atoms with Crippen molar-refractivity contribution in [3.05, 3.63) is 64.2 Å². The first-order valence-corrected chi connectivity index (χ1v) is 6.68. The number of hydrogen-bond acceptors (Lipinski definition) is 5. The van der Waals surface area contributed by atoms with E-state index in [-0.39, 0.29) is 11.7 Å². The molecule has 112 valence electrons. The van der Waals surface area contributed by atoms with Gasteiger partial charge in [-0.2, -0.15) is 0 Å². The molecule has 0 saturated heterocycles. The monoisotopic (exact) mass is 298 g/mol. The second-order valence-electron chi connectivity index (χ2n) is 4.43. The third-order valence-corrected chi connectivity index (χ3v) is 2.82. The molecule has 0 aromatic heterocycles. The van der Waals surface area contributed by atoms with E-state index in [1.54, 1.807) is 49.5 Å². The number of non-ortho nitro benzene ring substituents is 1. The number of ether oxygens (including phenoxy) is 1. The fourth-order valence-corrected chi connectivity index (χ4v) is 1.64. The summed E-state index contributed by atoms with van der Waals surface area (Å²) in [5, 5.41) is 10.6. The Kier molecular flexibility index (Phi) is 4.98. The molecule has 2 aromatic carbocycles. The standard InChI is InChI=1S/C16H14N2O4/c1-2-16(19)22-15-9-3-12(4-10-15)11-17-13-5-7-14(8-6-13)18(20)21/h3-11H,2H2,1H3. The van der Waals surface area contributed by atoms with Gasteiger partial charge in [0.15, 0.2) is 0 Å². The van der Waals surface area contributed by atoms with Gasteiger partial charge in [0.1, 0.15) is 5.75 Å². The molecule has 0 amide bonds. The molecule has 0 fully saturated rings. The molecule has 0 atom stereocenters. The van der Waals surface area contributed by atoms with Gasteiger partial charge in [-0.3, -0.25) is 19.9 Å². The van der Waals surface area contributed by atoms with Gasteiger partial charge in [-0.05, 0) is 42.0 Å². The number of esters is 1. The lowest BCUT2D eigenvalue weighted by molar-refractivity contribution is -0.384. The molecule has 6 nitrogen and oxygen atoms in total. The largest absolute Gasteiger partial charge is 0.427 e. The highest BCUT2D eigenvalue weighted by molar-refractivity contribution is 5.82. The normalized spacial score (nSPS) is 10.6. The summed E-state index contributed by atoms with van der Waals surface area (Å²) in [6.07, 6.45) is 1.95. The molecule has 0 aliphatic heterocycles. The lowest BCUT2D eigenvalue weighted by Gasteiger charge is -2.02. The first-order valence-electron chi connectivity index (χ1n) is 6.68. The van der Waals surface area contributed by atoms with Gasteiger partial charge in [0.25, 0.3) is 5.69 Å². The Hall–Kier alpha value is -3.02. The molecule has 0 aliphatic rings. The van der Waals surface area contributed by atoms with Crippen LogP contribution in [0.1, 0.15) is 18.9 Å². The molecular weight excluding hydrogens is 284 g/mol. The van der Waals surface area contributed by atoms with E-state index in [1.807, 2.05) is 0 Å². The van der Waals surface area contributed by atoms with E-state index in [0.717, 1.165) is 5.56 Å². The Morgan fingerprint density at radius 3 is 2.36 bits per heavy atom. The van der Waals surface area contributed by atoms with Crippen LogP contribution in [0.2, 0.25) is 0 Å². The van der Waals surface area contributed by atoms with Crippen LogP contribution in [-0.2, 0) is 4.79 Å². The predicted molar refractivity (Wildman–Crippen MR) is 82.7 cm³/mol. The van der Waals surface area contributed by atoms with E-state index in [9.17, 15) is 14.9 Å². The van der Waals surface area contributed by atoms with Crippen LogP contribution in [0, 0.1) is 10.1 Å². The van der Waals surface area contributed by atoms with Crippen LogP contribution in [0.3, 0.4) is 0 Å². The molecule has 22 heavy (non-hydrogen) atoms. The van der Waals surface area contributed by atoms with Gasteiger partial charge < -0.3 is 4.74 Å². The Morgan fingerprint density at radius 2 is 1.82 bits per heavy atom. The van der Waals surface area contributed by atoms with Crippen LogP contribution in [0.4, 0.5) is 11.4 Å². The van der Waals surface area contributed by atoms with Gasteiger partial charge >= 0.3 is 5.97 Å². The Morgan fingerprint density at radius 1 is 1.18 bits per heavy atom. The molecule has 0 unspecified atom stereocenters. The molecular formula is C16H14N2O4. The highest BCUT2D eigenvalue weighted by atomic mass is 16.6. The Balaban J connectivity index is 2.03. The van der Waals surface area contributed by atoms with Crippen molar-refractivity contribution < 1.29 is 14.5 Å². The molecule has 0 aliphatic carbocycles. The van der Waals surface area contributed by atoms with Crippen molar-refractivity contribution >= 4 is 23.6 Å². The number of nitro benzene ring substituents is 1. The summed E-state index contributed by atoms with van der Waals surface area (Å²) in [4.78, 5) is 25.5.